The number of nitriles is 3. The molecular weight excluding hydrogens is 611 g/mol. The van der Waals surface area contributed by atoms with Crippen LogP contribution in [0.25, 0.3) is 77.2 Å². The van der Waals surface area contributed by atoms with Crippen LogP contribution < -0.4 is 0 Å². The highest BCUT2D eigenvalue weighted by Crippen LogP contribution is 2.42. The van der Waals surface area contributed by atoms with Crippen molar-refractivity contribution in [1.82, 2.24) is 9.13 Å². The summed E-state index contributed by atoms with van der Waals surface area (Å²) >= 11 is 0. The van der Waals surface area contributed by atoms with E-state index in [2.05, 4.69) is 100 Å². The van der Waals surface area contributed by atoms with Crippen molar-refractivity contribution in [1.29, 1.82) is 15.8 Å². The van der Waals surface area contributed by atoms with Crippen molar-refractivity contribution in [2.24, 2.45) is 0 Å². The third-order valence-corrected chi connectivity index (χ3v) is 9.65. The molecule has 0 saturated heterocycles. The van der Waals surface area contributed by atoms with Gasteiger partial charge in [0.2, 0.25) is 0 Å². The molecule has 2 heterocycles. The molecule has 0 aliphatic rings. The monoisotopic (exact) mass is 635 g/mol. The Kier molecular flexibility index (Phi) is 6.56. The Morgan fingerprint density at radius 2 is 1.04 bits per heavy atom. The summed E-state index contributed by atoms with van der Waals surface area (Å²) in [4.78, 5) is 0. The Labute approximate surface area is 287 Å². The van der Waals surface area contributed by atoms with Gasteiger partial charge in [0.25, 0.3) is 0 Å². The van der Waals surface area contributed by atoms with Gasteiger partial charge in [-0.3, -0.25) is 0 Å². The molecule has 0 aliphatic carbocycles. The highest BCUT2D eigenvalue weighted by molar-refractivity contribution is 6.12. The molecule has 0 unspecified atom stereocenters. The average Bonchev–Trinajstić information content (AvgIpc) is 3.70. The predicted octanol–water partition coefficient (Wildman–Crippen LogP) is 10.8. The maximum atomic E-state index is 10.4. The van der Waals surface area contributed by atoms with E-state index in [1.807, 2.05) is 78.9 Å². The number of fused-ring (bicyclic) bond motifs is 6. The molecular formula is C45H25N5. The lowest BCUT2D eigenvalue weighted by atomic mass is 9.90. The fourth-order valence-electron chi connectivity index (χ4n) is 7.55. The van der Waals surface area contributed by atoms with Gasteiger partial charge in [-0.2, -0.15) is 15.8 Å². The third-order valence-electron chi connectivity index (χ3n) is 9.65. The van der Waals surface area contributed by atoms with Gasteiger partial charge in [0.15, 0.2) is 0 Å². The highest BCUT2D eigenvalue weighted by Gasteiger charge is 2.21. The van der Waals surface area contributed by atoms with Crippen LogP contribution in [0.4, 0.5) is 0 Å². The summed E-state index contributed by atoms with van der Waals surface area (Å²) in [6.07, 6.45) is 0. The van der Waals surface area contributed by atoms with Crippen LogP contribution >= 0.6 is 0 Å². The van der Waals surface area contributed by atoms with E-state index in [0.29, 0.717) is 16.7 Å². The maximum Gasteiger partial charge on any atom is 0.0998 e. The zero-order chi connectivity index (χ0) is 33.8. The molecule has 2 aromatic heterocycles. The van der Waals surface area contributed by atoms with Crippen LogP contribution in [0.15, 0.2) is 152 Å². The van der Waals surface area contributed by atoms with E-state index in [-0.39, 0.29) is 0 Å². The molecule has 0 N–H and O–H groups in total. The molecule has 0 aliphatic heterocycles. The Hall–Kier alpha value is -7.39. The largest absolute Gasteiger partial charge is 0.309 e. The van der Waals surface area contributed by atoms with E-state index in [0.717, 1.165) is 77.2 Å². The smallest absolute Gasteiger partial charge is 0.0998 e. The molecule has 9 aromatic rings. The summed E-state index contributed by atoms with van der Waals surface area (Å²) in [5, 5.41) is 34.1. The van der Waals surface area contributed by atoms with E-state index in [1.165, 1.54) is 0 Å². The first-order valence-electron chi connectivity index (χ1n) is 16.3. The molecule has 50 heavy (non-hydrogen) atoms. The van der Waals surface area contributed by atoms with E-state index >= 15 is 0 Å². The van der Waals surface area contributed by atoms with Crippen molar-refractivity contribution >= 4 is 43.6 Å². The van der Waals surface area contributed by atoms with Gasteiger partial charge in [-0.15, -0.1) is 0 Å². The van der Waals surface area contributed by atoms with Gasteiger partial charge in [0.1, 0.15) is 0 Å². The number of nitrogens with zero attached hydrogens (tertiary/aromatic N) is 5. The van der Waals surface area contributed by atoms with Crippen molar-refractivity contribution in [3.8, 4) is 51.8 Å². The zero-order valence-electron chi connectivity index (χ0n) is 26.7. The van der Waals surface area contributed by atoms with Crippen LogP contribution in [0, 0.1) is 34.0 Å². The first kappa shape index (κ1) is 28.8. The zero-order valence-corrected chi connectivity index (χ0v) is 26.7. The van der Waals surface area contributed by atoms with Crippen LogP contribution in [0.5, 0.6) is 0 Å². The summed E-state index contributed by atoms with van der Waals surface area (Å²) in [7, 11) is 0. The lowest BCUT2D eigenvalue weighted by molar-refractivity contribution is 1.18. The number of aromatic nitrogens is 2. The SMILES string of the molecule is N#Cc1ccc2c(c1)c1ccccc1n2-c1ccc(-c2c(C#N)cccc2-c2ccccc2-n2c3ccccc3c3c(C#N)cccc32)cc1. The van der Waals surface area contributed by atoms with E-state index in [9.17, 15) is 15.8 Å². The van der Waals surface area contributed by atoms with E-state index in [1.54, 1.807) is 0 Å². The first-order valence-corrected chi connectivity index (χ1v) is 16.3. The summed E-state index contributed by atoms with van der Waals surface area (Å²) in [6.45, 7) is 0. The minimum atomic E-state index is 0.583. The Morgan fingerprint density at radius 1 is 0.420 bits per heavy atom. The minimum Gasteiger partial charge on any atom is -0.309 e. The summed E-state index contributed by atoms with van der Waals surface area (Å²) in [5.41, 5.74) is 11.5. The second-order valence-electron chi connectivity index (χ2n) is 12.3. The van der Waals surface area contributed by atoms with Gasteiger partial charge in [0.05, 0.1) is 62.7 Å². The fraction of sp³-hybridized carbons (Fsp3) is 0. The highest BCUT2D eigenvalue weighted by atomic mass is 15.0. The molecule has 9 rings (SSSR count). The van der Waals surface area contributed by atoms with Gasteiger partial charge < -0.3 is 9.13 Å². The minimum absolute atomic E-state index is 0.583. The summed E-state index contributed by atoms with van der Waals surface area (Å²) in [5.74, 6) is 0. The van der Waals surface area contributed by atoms with Crippen molar-refractivity contribution in [2.75, 3.05) is 0 Å². The van der Waals surface area contributed by atoms with Crippen LogP contribution in [-0.4, -0.2) is 9.13 Å². The normalized spacial score (nSPS) is 11.1. The number of rotatable bonds is 4. The standard InChI is InChI=1S/C45H25N5/c46-26-29-19-24-42-38(25-29)35-12-2-4-15-39(35)49(42)33-22-20-30(21-23-33)44-31(27-47)9-7-14-36(44)34-11-1-5-16-40(34)50-41-17-6-3-13-37(41)45-32(28-48)10-8-18-43(45)50/h1-25H. The van der Waals surface area contributed by atoms with Crippen molar-refractivity contribution < 1.29 is 0 Å². The molecule has 0 spiro atoms. The number of para-hydroxylation sites is 3. The second kappa shape index (κ2) is 11.4. The molecule has 0 saturated carbocycles. The number of hydrogen-bond donors (Lipinski definition) is 0. The van der Waals surface area contributed by atoms with Crippen molar-refractivity contribution in [3.05, 3.63) is 168 Å². The molecule has 0 bridgehead atoms. The molecule has 230 valence electrons. The van der Waals surface area contributed by atoms with Crippen LogP contribution in [0.1, 0.15) is 16.7 Å². The molecule has 5 nitrogen and oxygen atoms in total. The van der Waals surface area contributed by atoms with Crippen molar-refractivity contribution in [3.63, 3.8) is 0 Å². The molecule has 0 atom stereocenters. The van der Waals surface area contributed by atoms with Gasteiger partial charge in [-0.05, 0) is 77.9 Å². The Balaban J connectivity index is 1.25. The van der Waals surface area contributed by atoms with Crippen molar-refractivity contribution in [2.45, 2.75) is 0 Å². The summed E-state index contributed by atoms with van der Waals surface area (Å²) < 4.78 is 4.45. The van der Waals surface area contributed by atoms with Crippen LogP contribution in [0.2, 0.25) is 0 Å². The maximum absolute atomic E-state index is 10.4. The van der Waals surface area contributed by atoms with Gasteiger partial charge in [-0.25, -0.2) is 0 Å². The van der Waals surface area contributed by atoms with Gasteiger partial charge in [-0.1, -0.05) is 84.9 Å². The second-order valence-corrected chi connectivity index (χ2v) is 12.3. The lowest BCUT2D eigenvalue weighted by Crippen LogP contribution is -1.99. The Bertz CT molecular complexity index is 2960. The van der Waals surface area contributed by atoms with E-state index in [4.69, 9.17) is 0 Å². The number of hydrogen-bond acceptors (Lipinski definition) is 3. The third kappa shape index (κ3) is 4.24. The van der Waals surface area contributed by atoms with Crippen LogP contribution in [-0.2, 0) is 0 Å². The first-order chi connectivity index (χ1) is 24.7. The van der Waals surface area contributed by atoms with E-state index < -0.39 is 0 Å². The predicted molar refractivity (Wildman–Crippen MR) is 200 cm³/mol. The molecule has 5 heteroatoms. The molecule has 0 radical (unpaired) electrons. The van der Waals surface area contributed by atoms with Crippen LogP contribution in [0.3, 0.4) is 0 Å². The molecule has 0 fully saturated rings. The average molecular weight is 636 g/mol. The quantitative estimate of drug-likeness (QED) is 0.193. The fourth-order valence-corrected chi connectivity index (χ4v) is 7.55. The molecule has 7 aromatic carbocycles. The van der Waals surface area contributed by atoms with Gasteiger partial charge in [0, 0.05) is 38.4 Å². The molecule has 0 amide bonds. The van der Waals surface area contributed by atoms with Gasteiger partial charge >= 0.3 is 0 Å². The summed E-state index contributed by atoms with van der Waals surface area (Å²) in [6, 6.07) is 57.8. The lowest BCUT2D eigenvalue weighted by Gasteiger charge is -2.18. The topological polar surface area (TPSA) is 81.2 Å². The number of benzene rings is 7. The Morgan fingerprint density at radius 3 is 1.82 bits per heavy atom.